The van der Waals surface area contributed by atoms with Crippen LogP contribution < -0.4 is 0 Å². The van der Waals surface area contributed by atoms with Crippen molar-refractivity contribution in [3.63, 3.8) is 0 Å². The van der Waals surface area contributed by atoms with E-state index in [4.69, 9.17) is 5.11 Å². The van der Waals surface area contributed by atoms with Gasteiger partial charge in [0, 0.05) is 18.9 Å². The van der Waals surface area contributed by atoms with Crippen molar-refractivity contribution in [2.75, 3.05) is 0 Å². The lowest BCUT2D eigenvalue weighted by atomic mass is 10.0. The number of thiazole rings is 1. The molecule has 106 valence electrons. The summed E-state index contributed by atoms with van der Waals surface area (Å²) in [5.74, 6) is -3.90. The minimum atomic E-state index is -2.89. The number of benzene rings is 1. The van der Waals surface area contributed by atoms with Gasteiger partial charge in [0.1, 0.15) is 4.88 Å². The van der Waals surface area contributed by atoms with Crippen molar-refractivity contribution in [3.05, 3.63) is 51.0 Å². The second-order valence-electron chi connectivity index (χ2n) is 4.59. The zero-order chi connectivity index (χ0) is 14.9. The molecule has 0 spiro atoms. The summed E-state index contributed by atoms with van der Waals surface area (Å²) in [6, 6.07) is 6.10. The molecule has 1 aromatic heterocycles. The standard InChI is InChI=1S/C14H13F2NO2S/c1-8-12(13(18)19)20-11(17-8)7-9-4-3-5-10(6-9)14(2,15)16/h3-6H,7H2,1-2H3,(H,18,19). The molecular weight excluding hydrogens is 284 g/mol. The van der Waals surface area contributed by atoms with Crippen molar-refractivity contribution in [3.8, 4) is 0 Å². The van der Waals surface area contributed by atoms with Gasteiger partial charge in [-0.25, -0.2) is 18.6 Å². The Labute approximate surface area is 118 Å². The molecule has 0 amide bonds. The van der Waals surface area contributed by atoms with Gasteiger partial charge >= 0.3 is 5.97 Å². The van der Waals surface area contributed by atoms with Gasteiger partial charge in [-0.15, -0.1) is 11.3 Å². The molecule has 1 N–H and O–H groups in total. The Balaban J connectivity index is 2.26. The van der Waals surface area contributed by atoms with Crippen LogP contribution in [0.25, 0.3) is 0 Å². The molecule has 6 heteroatoms. The van der Waals surface area contributed by atoms with Gasteiger partial charge in [-0.2, -0.15) is 0 Å². The van der Waals surface area contributed by atoms with Gasteiger partial charge in [0.15, 0.2) is 0 Å². The molecule has 2 aromatic rings. The van der Waals surface area contributed by atoms with Crippen molar-refractivity contribution in [2.45, 2.75) is 26.2 Å². The van der Waals surface area contributed by atoms with E-state index in [2.05, 4.69) is 4.98 Å². The van der Waals surface area contributed by atoms with E-state index in [0.717, 1.165) is 18.3 Å². The average Bonchev–Trinajstić information content (AvgIpc) is 2.69. The van der Waals surface area contributed by atoms with Crippen molar-refractivity contribution < 1.29 is 18.7 Å². The Bertz CT molecular complexity index is 647. The number of hydrogen-bond donors (Lipinski definition) is 1. The zero-order valence-corrected chi connectivity index (χ0v) is 11.8. The first kappa shape index (κ1) is 14.6. The Morgan fingerprint density at radius 3 is 2.70 bits per heavy atom. The number of nitrogens with zero attached hydrogens (tertiary/aromatic N) is 1. The molecule has 0 aliphatic heterocycles. The Hall–Kier alpha value is -1.82. The molecule has 0 atom stereocenters. The molecule has 0 radical (unpaired) electrons. The molecular formula is C14H13F2NO2S. The first-order valence-electron chi connectivity index (χ1n) is 5.94. The number of carbonyl (C=O) groups is 1. The lowest BCUT2D eigenvalue weighted by Gasteiger charge is -2.11. The van der Waals surface area contributed by atoms with Gasteiger partial charge in [-0.1, -0.05) is 18.2 Å². The predicted octanol–water partition coefficient (Wildman–Crippen LogP) is 3.85. The van der Waals surface area contributed by atoms with Crippen LogP contribution in [0, 0.1) is 6.92 Å². The summed E-state index contributed by atoms with van der Waals surface area (Å²) in [4.78, 5) is 15.3. The number of aryl methyl sites for hydroxylation is 1. The van der Waals surface area contributed by atoms with Crippen LogP contribution in [-0.2, 0) is 12.3 Å². The van der Waals surface area contributed by atoms with E-state index in [9.17, 15) is 13.6 Å². The number of aromatic carboxylic acids is 1. The lowest BCUT2D eigenvalue weighted by molar-refractivity contribution is 0.0174. The van der Waals surface area contributed by atoms with E-state index in [-0.39, 0.29) is 10.4 Å². The average molecular weight is 297 g/mol. The molecule has 0 bridgehead atoms. The second kappa shape index (κ2) is 5.28. The molecule has 0 saturated heterocycles. The van der Waals surface area contributed by atoms with Crippen LogP contribution in [-0.4, -0.2) is 16.1 Å². The van der Waals surface area contributed by atoms with E-state index in [1.807, 2.05) is 0 Å². The number of rotatable bonds is 4. The third-order valence-electron chi connectivity index (χ3n) is 2.82. The highest BCUT2D eigenvalue weighted by molar-refractivity contribution is 7.13. The van der Waals surface area contributed by atoms with Crippen LogP contribution in [0.15, 0.2) is 24.3 Å². The number of aromatic nitrogens is 1. The van der Waals surface area contributed by atoms with Gasteiger partial charge in [0.2, 0.25) is 0 Å². The number of hydrogen-bond acceptors (Lipinski definition) is 3. The lowest BCUT2D eigenvalue weighted by Crippen LogP contribution is -2.07. The molecule has 2 rings (SSSR count). The third kappa shape index (κ3) is 3.19. The van der Waals surface area contributed by atoms with Crippen LogP contribution in [0.5, 0.6) is 0 Å². The molecule has 0 aliphatic carbocycles. The van der Waals surface area contributed by atoms with Crippen LogP contribution >= 0.6 is 11.3 Å². The molecule has 0 saturated carbocycles. The fourth-order valence-corrected chi connectivity index (χ4v) is 2.79. The minimum Gasteiger partial charge on any atom is -0.477 e. The highest BCUT2D eigenvalue weighted by atomic mass is 32.1. The van der Waals surface area contributed by atoms with E-state index >= 15 is 0 Å². The fraction of sp³-hybridized carbons (Fsp3) is 0.286. The molecule has 20 heavy (non-hydrogen) atoms. The van der Waals surface area contributed by atoms with Gasteiger partial charge in [0.25, 0.3) is 5.92 Å². The molecule has 3 nitrogen and oxygen atoms in total. The number of halogens is 2. The van der Waals surface area contributed by atoms with E-state index in [0.29, 0.717) is 22.7 Å². The highest BCUT2D eigenvalue weighted by Crippen LogP contribution is 2.28. The number of carboxylic acid groups (broad SMARTS) is 1. The van der Waals surface area contributed by atoms with Crippen molar-refractivity contribution in [1.82, 2.24) is 4.98 Å². The maximum Gasteiger partial charge on any atom is 0.347 e. The van der Waals surface area contributed by atoms with Crippen LogP contribution in [0.3, 0.4) is 0 Å². The van der Waals surface area contributed by atoms with E-state index in [1.54, 1.807) is 19.1 Å². The quantitative estimate of drug-likeness (QED) is 0.932. The number of alkyl halides is 2. The molecule has 1 aromatic carbocycles. The van der Waals surface area contributed by atoms with Crippen molar-refractivity contribution in [2.24, 2.45) is 0 Å². The van der Waals surface area contributed by atoms with E-state index in [1.165, 1.54) is 12.1 Å². The Kier molecular flexibility index (Phi) is 3.85. The Morgan fingerprint density at radius 1 is 1.45 bits per heavy atom. The first-order chi connectivity index (χ1) is 9.27. The fourth-order valence-electron chi connectivity index (χ4n) is 1.86. The normalized spacial score (nSPS) is 11.6. The molecule has 1 heterocycles. The SMILES string of the molecule is Cc1nc(Cc2cccc(C(C)(F)F)c2)sc1C(=O)O. The largest absolute Gasteiger partial charge is 0.477 e. The maximum atomic E-state index is 13.3. The first-order valence-corrected chi connectivity index (χ1v) is 6.76. The van der Waals surface area contributed by atoms with Crippen LogP contribution in [0.1, 0.15) is 38.4 Å². The summed E-state index contributed by atoms with van der Waals surface area (Å²) in [5.41, 5.74) is 1.09. The van der Waals surface area contributed by atoms with Gasteiger partial charge < -0.3 is 5.11 Å². The van der Waals surface area contributed by atoms with Crippen molar-refractivity contribution in [1.29, 1.82) is 0 Å². The summed E-state index contributed by atoms with van der Waals surface area (Å²) >= 11 is 1.08. The van der Waals surface area contributed by atoms with Crippen molar-refractivity contribution >= 4 is 17.3 Å². The minimum absolute atomic E-state index is 0.0539. The highest BCUT2D eigenvalue weighted by Gasteiger charge is 2.24. The molecule has 0 aliphatic rings. The van der Waals surface area contributed by atoms with Gasteiger partial charge in [0.05, 0.1) is 10.7 Å². The monoisotopic (exact) mass is 297 g/mol. The van der Waals surface area contributed by atoms with Gasteiger partial charge in [-0.3, -0.25) is 0 Å². The third-order valence-corrected chi connectivity index (χ3v) is 3.97. The summed E-state index contributed by atoms with van der Waals surface area (Å²) in [6.45, 7) is 2.47. The smallest absolute Gasteiger partial charge is 0.347 e. The van der Waals surface area contributed by atoms with E-state index < -0.39 is 11.9 Å². The van der Waals surface area contributed by atoms with Crippen LogP contribution in [0.4, 0.5) is 8.78 Å². The number of carboxylic acids is 1. The van der Waals surface area contributed by atoms with Gasteiger partial charge in [-0.05, 0) is 18.6 Å². The molecule has 0 unspecified atom stereocenters. The maximum absolute atomic E-state index is 13.3. The zero-order valence-electron chi connectivity index (χ0n) is 11.0. The topological polar surface area (TPSA) is 50.2 Å². The Morgan fingerprint density at radius 2 is 2.15 bits per heavy atom. The summed E-state index contributed by atoms with van der Waals surface area (Å²) < 4.78 is 26.5. The second-order valence-corrected chi connectivity index (χ2v) is 5.68. The molecule has 0 fully saturated rings. The predicted molar refractivity (Wildman–Crippen MR) is 72.6 cm³/mol. The summed E-state index contributed by atoms with van der Waals surface area (Å²) in [7, 11) is 0. The van der Waals surface area contributed by atoms with Crippen LogP contribution in [0.2, 0.25) is 0 Å². The summed E-state index contributed by atoms with van der Waals surface area (Å²) in [5, 5.41) is 9.57. The summed E-state index contributed by atoms with van der Waals surface area (Å²) in [6.07, 6.45) is 0.350.